The molecule has 1 fully saturated rings. The Morgan fingerprint density at radius 3 is 2.42 bits per heavy atom. The summed E-state index contributed by atoms with van der Waals surface area (Å²) in [6, 6.07) is 8.45. The summed E-state index contributed by atoms with van der Waals surface area (Å²) in [5.74, 6) is 0.0909. The zero-order valence-electron chi connectivity index (χ0n) is 14.4. The molecular formula is C17H29Cl2N3O2. The number of aryl methyl sites for hydroxylation is 1. The van der Waals surface area contributed by atoms with E-state index in [0.717, 1.165) is 38.4 Å². The maximum atomic E-state index is 12.1. The number of ether oxygens (including phenoxy) is 1. The van der Waals surface area contributed by atoms with E-state index in [9.17, 15) is 4.79 Å². The first-order valence-corrected chi connectivity index (χ1v) is 7.99. The SMILES string of the molecule is CNCCC(=O)NC(CN1CCOCC1)c1ccc(C)cc1.Cl.Cl. The summed E-state index contributed by atoms with van der Waals surface area (Å²) in [7, 11) is 1.86. The van der Waals surface area contributed by atoms with Crippen LogP contribution in [0.25, 0.3) is 0 Å². The van der Waals surface area contributed by atoms with Crippen molar-refractivity contribution in [3.05, 3.63) is 35.4 Å². The van der Waals surface area contributed by atoms with Crippen LogP contribution in [-0.2, 0) is 9.53 Å². The first-order chi connectivity index (χ1) is 10.7. The highest BCUT2D eigenvalue weighted by Crippen LogP contribution is 2.16. The van der Waals surface area contributed by atoms with E-state index in [0.29, 0.717) is 13.0 Å². The molecule has 7 heteroatoms. The molecule has 0 aliphatic carbocycles. The molecule has 0 spiro atoms. The summed E-state index contributed by atoms with van der Waals surface area (Å²) >= 11 is 0. The highest BCUT2D eigenvalue weighted by molar-refractivity contribution is 5.85. The number of rotatable bonds is 7. The number of benzene rings is 1. The van der Waals surface area contributed by atoms with Gasteiger partial charge in [0.2, 0.25) is 5.91 Å². The highest BCUT2D eigenvalue weighted by Gasteiger charge is 2.19. The van der Waals surface area contributed by atoms with Gasteiger partial charge in [-0.25, -0.2) is 0 Å². The average Bonchev–Trinajstić information content (AvgIpc) is 2.54. The fourth-order valence-corrected chi connectivity index (χ4v) is 2.58. The van der Waals surface area contributed by atoms with Crippen LogP contribution in [-0.4, -0.2) is 57.2 Å². The largest absolute Gasteiger partial charge is 0.379 e. The Hall–Kier alpha value is -0.850. The van der Waals surface area contributed by atoms with Gasteiger partial charge in [-0.15, -0.1) is 24.8 Å². The van der Waals surface area contributed by atoms with Crippen LogP contribution in [0.15, 0.2) is 24.3 Å². The number of carbonyl (C=O) groups is 1. The van der Waals surface area contributed by atoms with Gasteiger partial charge in [-0.3, -0.25) is 9.69 Å². The number of morpholine rings is 1. The summed E-state index contributed by atoms with van der Waals surface area (Å²) in [5, 5.41) is 6.19. The molecule has 1 aliphatic rings. The van der Waals surface area contributed by atoms with Gasteiger partial charge in [0.25, 0.3) is 0 Å². The number of hydrogen-bond donors (Lipinski definition) is 2. The maximum absolute atomic E-state index is 12.1. The van der Waals surface area contributed by atoms with Gasteiger partial charge in [-0.1, -0.05) is 29.8 Å². The van der Waals surface area contributed by atoms with Crippen molar-refractivity contribution in [1.29, 1.82) is 0 Å². The standard InChI is InChI=1S/C17H27N3O2.2ClH/c1-14-3-5-15(6-4-14)16(19-17(21)7-8-18-2)13-20-9-11-22-12-10-20;;/h3-6,16,18H,7-13H2,1-2H3,(H,19,21);2*1H. The molecule has 1 aliphatic heterocycles. The van der Waals surface area contributed by atoms with Gasteiger partial charge in [0.05, 0.1) is 19.3 Å². The zero-order valence-corrected chi connectivity index (χ0v) is 16.0. The summed E-state index contributed by atoms with van der Waals surface area (Å²) in [6.07, 6.45) is 0.502. The summed E-state index contributed by atoms with van der Waals surface area (Å²) in [6.45, 7) is 7.00. The van der Waals surface area contributed by atoms with Crippen LogP contribution >= 0.6 is 24.8 Å². The van der Waals surface area contributed by atoms with Gasteiger partial charge in [-0.05, 0) is 19.5 Å². The van der Waals surface area contributed by atoms with Crippen molar-refractivity contribution >= 4 is 30.7 Å². The second-order valence-corrected chi connectivity index (χ2v) is 5.80. The van der Waals surface area contributed by atoms with Gasteiger partial charge in [0.15, 0.2) is 0 Å². The van der Waals surface area contributed by atoms with E-state index in [4.69, 9.17) is 4.74 Å². The van der Waals surface area contributed by atoms with E-state index in [2.05, 4.69) is 46.7 Å². The third-order valence-electron chi connectivity index (χ3n) is 3.96. The van der Waals surface area contributed by atoms with Crippen LogP contribution < -0.4 is 10.6 Å². The van der Waals surface area contributed by atoms with Crippen molar-refractivity contribution in [2.45, 2.75) is 19.4 Å². The number of nitrogens with zero attached hydrogens (tertiary/aromatic N) is 1. The summed E-state index contributed by atoms with van der Waals surface area (Å²) in [4.78, 5) is 14.5. The molecule has 0 bridgehead atoms. The van der Waals surface area contributed by atoms with E-state index in [-0.39, 0.29) is 36.8 Å². The predicted octanol–water partition coefficient (Wildman–Crippen LogP) is 1.94. The van der Waals surface area contributed by atoms with E-state index in [1.165, 1.54) is 5.56 Å². The minimum absolute atomic E-state index is 0. The molecule has 0 saturated carbocycles. The molecule has 138 valence electrons. The molecule has 5 nitrogen and oxygen atoms in total. The fourth-order valence-electron chi connectivity index (χ4n) is 2.58. The van der Waals surface area contributed by atoms with Crippen LogP contribution in [0.4, 0.5) is 0 Å². The molecule has 1 aromatic rings. The molecule has 2 N–H and O–H groups in total. The Morgan fingerprint density at radius 1 is 1.21 bits per heavy atom. The lowest BCUT2D eigenvalue weighted by atomic mass is 10.0. The normalized spacial score (nSPS) is 15.8. The van der Waals surface area contributed by atoms with Crippen molar-refractivity contribution in [2.24, 2.45) is 0 Å². The van der Waals surface area contributed by atoms with Crippen molar-refractivity contribution in [2.75, 3.05) is 46.4 Å². The number of nitrogens with one attached hydrogen (secondary N) is 2. The lowest BCUT2D eigenvalue weighted by molar-refractivity contribution is -0.122. The molecular weight excluding hydrogens is 349 g/mol. The molecule has 0 radical (unpaired) electrons. The molecule has 1 unspecified atom stereocenters. The topological polar surface area (TPSA) is 53.6 Å². The van der Waals surface area contributed by atoms with Crippen LogP contribution in [0, 0.1) is 6.92 Å². The van der Waals surface area contributed by atoms with E-state index < -0.39 is 0 Å². The van der Waals surface area contributed by atoms with Crippen molar-refractivity contribution < 1.29 is 9.53 Å². The van der Waals surface area contributed by atoms with Gasteiger partial charge in [0, 0.05) is 32.6 Å². The Balaban J connectivity index is 0.00000264. The van der Waals surface area contributed by atoms with Gasteiger partial charge in [0.1, 0.15) is 0 Å². The first-order valence-electron chi connectivity index (χ1n) is 7.99. The van der Waals surface area contributed by atoms with Crippen molar-refractivity contribution in [3.8, 4) is 0 Å². The summed E-state index contributed by atoms with van der Waals surface area (Å²) in [5.41, 5.74) is 2.39. The fraction of sp³-hybridized carbons (Fsp3) is 0.588. The number of carbonyl (C=O) groups excluding carboxylic acids is 1. The highest BCUT2D eigenvalue weighted by atomic mass is 35.5. The molecule has 24 heavy (non-hydrogen) atoms. The second kappa shape index (κ2) is 12.5. The minimum atomic E-state index is 0. The van der Waals surface area contributed by atoms with Crippen LogP contribution in [0.1, 0.15) is 23.6 Å². The monoisotopic (exact) mass is 377 g/mol. The molecule has 2 rings (SSSR count). The molecule has 1 aromatic carbocycles. The molecule has 1 saturated heterocycles. The maximum Gasteiger partial charge on any atom is 0.221 e. The van der Waals surface area contributed by atoms with E-state index >= 15 is 0 Å². The minimum Gasteiger partial charge on any atom is -0.379 e. The van der Waals surface area contributed by atoms with Gasteiger partial charge >= 0.3 is 0 Å². The lowest BCUT2D eigenvalue weighted by Crippen LogP contribution is -2.43. The molecule has 1 heterocycles. The first kappa shape index (κ1) is 23.1. The van der Waals surface area contributed by atoms with Crippen LogP contribution in [0.2, 0.25) is 0 Å². The van der Waals surface area contributed by atoms with Crippen LogP contribution in [0.5, 0.6) is 0 Å². The average molecular weight is 378 g/mol. The zero-order chi connectivity index (χ0) is 15.8. The van der Waals surface area contributed by atoms with Crippen molar-refractivity contribution in [1.82, 2.24) is 15.5 Å². The molecule has 1 amide bonds. The number of halogens is 2. The smallest absolute Gasteiger partial charge is 0.221 e. The second-order valence-electron chi connectivity index (χ2n) is 5.80. The predicted molar refractivity (Wildman–Crippen MR) is 102 cm³/mol. The Morgan fingerprint density at radius 2 is 1.83 bits per heavy atom. The van der Waals surface area contributed by atoms with Crippen molar-refractivity contribution in [3.63, 3.8) is 0 Å². The van der Waals surface area contributed by atoms with Crippen LogP contribution in [0.3, 0.4) is 0 Å². The Kier molecular flexibility index (Phi) is 12.1. The van der Waals surface area contributed by atoms with E-state index in [1.807, 2.05) is 7.05 Å². The third-order valence-corrected chi connectivity index (χ3v) is 3.96. The third kappa shape index (κ3) is 7.81. The number of hydrogen-bond acceptors (Lipinski definition) is 4. The Bertz CT molecular complexity index is 465. The lowest BCUT2D eigenvalue weighted by Gasteiger charge is -2.31. The Labute approximate surface area is 157 Å². The quantitative estimate of drug-likeness (QED) is 0.762. The molecule has 1 atom stereocenters. The van der Waals surface area contributed by atoms with Gasteiger partial charge in [-0.2, -0.15) is 0 Å². The molecule has 0 aromatic heterocycles. The summed E-state index contributed by atoms with van der Waals surface area (Å²) < 4.78 is 5.40. The van der Waals surface area contributed by atoms with E-state index in [1.54, 1.807) is 0 Å². The number of amides is 1. The van der Waals surface area contributed by atoms with Gasteiger partial charge < -0.3 is 15.4 Å².